The number of aromatic nitrogens is 2. The third kappa shape index (κ3) is 4.98. The Morgan fingerprint density at radius 3 is 2.69 bits per heavy atom. The zero-order valence-corrected chi connectivity index (χ0v) is 19.3. The Morgan fingerprint density at radius 2 is 2.00 bits per heavy atom. The average Bonchev–Trinajstić information content (AvgIpc) is 3.17. The van der Waals surface area contributed by atoms with Crippen molar-refractivity contribution in [3.63, 3.8) is 0 Å². The number of aliphatic imine (C=N–C) groups is 1. The molecular formula is C23H28IN5. The van der Waals surface area contributed by atoms with Gasteiger partial charge in [-0.2, -0.15) is 0 Å². The van der Waals surface area contributed by atoms with Gasteiger partial charge in [-0.1, -0.05) is 42.5 Å². The molecule has 2 aromatic heterocycles. The van der Waals surface area contributed by atoms with Crippen LogP contribution in [0.2, 0.25) is 0 Å². The number of benzene rings is 1. The summed E-state index contributed by atoms with van der Waals surface area (Å²) < 4.78 is 2.10. The van der Waals surface area contributed by atoms with E-state index in [4.69, 9.17) is 4.98 Å². The van der Waals surface area contributed by atoms with Crippen LogP contribution in [-0.2, 0) is 6.42 Å². The molecule has 0 bridgehead atoms. The van der Waals surface area contributed by atoms with E-state index in [2.05, 4.69) is 87.5 Å². The largest absolute Gasteiger partial charge is 0.356 e. The van der Waals surface area contributed by atoms with Crippen molar-refractivity contribution in [1.29, 1.82) is 0 Å². The number of pyridine rings is 1. The lowest BCUT2D eigenvalue weighted by Crippen LogP contribution is -2.44. The summed E-state index contributed by atoms with van der Waals surface area (Å²) in [5, 5.41) is 3.50. The third-order valence-electron chi connectivity index (χ3n) is 5.26. The molecule has 0 amide bonds. The van der Waals surface area contributed by atoms with Crippen molar-refractivity contribution < 1.29 is 0 Å². The van der Waals surface area contributed by atoms with Gasteiger partial charge in [0.2, 0.25) is 0 Å². The first-order chi connectivity index (χ1) is 13.7. The first-order valence-electron chi connectivity index (χ1n) is 9.88. The predicted molar refractivity (Wildman–Crippen MR) is 131 cm³/mol. The van der Waals surface area contributed by atoms with Crippen LogP contribution in [0.1, 0.15) is 23.2 Å². The molecule has 1 N–H and O–H groups in total. The molecular weight excluding hydrogens is 473 g/mol. The number of guanidine groups is 1. The van der Waals surface area contributed by atoms with Crippen molar-refractivity contribution in [2.45, 2.75) is 19.8 Å². The van der Waals surface area contributed by atoms with Gasteiger partial charge in [0.25, 0.3) is 0 Å². The molecule has 0 unspecified atom stereocenters. The molecule has 0 spiro atoms. The first kappa shape index (κ1) is 21.4. The molecule has 5 nitrogen and oxygen atoms in total. The zero-order valence-electron chi connectivity index (χ0n) is 17.0. The lowest BCUT2D eigenvalue weighted by atomic mass is 10.00. The van der Waals surface area contributed by atoms with Crippen LogP contribution >= 0.6 is 24.0 Å². The van der Waals surface area contributed by atoms with E-state index in [-0.39, 0.29) is 24.0 Å². The van der Waals surface area contributed by atoms with Crippen molar-refractivity contribution in [3.05, 3.63) is 77.8 Å². The van der Waals surface area contributed by atoms with E-state index < -0.39 is 0 Å². The van der Waals surface area contributed by atoms with Gasteiger partial charge in [0, 0.05) is 45.5 Å². The quantitative estimate of drug-likeness (QED) is 0.332. The molecule has 0 aliphatic carbocycles. The number of halogens is 1. The molecule has 3 heterocycles. The second kappa shape index (κ2) is 9.91. The van der Waals surface area contributed by atoms with E-state index >= 15 is 0 Å². The molecule has 1 aromatic carbocycles. The molecule has 0 saturated carbocycles. The van der Waals surface area contributed by atoms with Crippen molar-refractivity contribution >= 4 is 41.2 Å². The summed E-state index contributed by atoms with van der Waals surface area (Å²) in [5.41, 5.74) is 6.09. The highest BCUT2D eigenvalue weighted by molar-refractivity contribution is 14.0. The van der Waals surface area contributed by atoms with Crippen LogP contribution in [0.25, 0.3) is 11.2 Å². The second-order valence-corrected chi connectivity index (χ2v) is 7.17. The number of fused-ring (bicyclic) bond motifs is 1. The lowest BCUT2D eigenvalue weighted by molar-refractivity contribution is 0.440. The molecule has 6 heteroatoms. The second-order valence-electron chi connectivity index (χ2n) is 7.17. The van der Waals surface area contributed by atoms with Crippen LogP contribution in [-0.4, -0.2) is 46.9 Å². The van der Waals surface area contributed by atoms with Crippen LogP contribution in [0.15, 0.2) is 65.9 Å². The molecule has 3 aromatic rings. The predicted octanol–water partition coefficient (Wildman–Crippen LogP) is 4.17. The maximum Gasteiger partial charge on any atom is 0.193 e. The summed E-state index contributed by atoms with van der Waals surface area (Å²) in [6.45, 7) is 4.78. The molecule has 0 atom stereocenters. The van der Waals surface area contributed by atoms with Crippen LogP contribution in [0.3, 0.4) is 0 Å². The summed E-state index contributed by atoms with van der Waals surface area (Å²) in [5.74, 6) is 0.961. The number of nitrogens with one attached hydrogen (secondary N) is 1. The Labute approximate surface area is 189 Å². The van der Waals surface area contributed by atoms with Crippen molar-refractivity contribution in [2.24, 2.45) is 4.99 Å². The van der Waals surface area contributed by atoms with Gasteiger partial charge in [-0.05, 0) is 36.1 Å². The Balaban J connectivity index is 0.00000240. The number of aryl methyl sites for hydroxylation is 1. The SMILES string of the molecule is CN=C(NCCc1cn2cccc(C)c2n1)N1CC=C(c2ccccc2)CC1.I. The Hall–Kier alpha value is -2.35. The van der Waals surface area contributed by atoms with E-state index in [0.717, 1.165) is 49.8 Å². The molecule has 4 rings (SSSR count). The highest BCUT2D eigenvalue weighted by Gasteiger charge is 2.16. The minimum Gasteiger partial charge on any atom is -0.356 e. The smallest absolute Gasteiger partial charge is 0.193 e. The van der Waals surface area contributed by atoms with Gasteiger partial charge < -0.3 is 14.6 Å². The lowest BCUT2D eigenvalue weighted by Gasteiger charge is -2.29. The van der Waals surface area contributed by atoms with Crippen LogP contribution in [0.4, 0.5) is 0 Å². The highest BCUT2D eigenvalue weighted by Crippen LogP contribution is 2.21. The van der Waals surface area contributed by atoms with E-state index in [1.165, 1.54) is 16.7 Å². The molecule has 0 fully saturated rings. The fourth-order valence-electron chi connectivity index (χ4n) is 3.74. The van der Waals surface area contributed by atoms with Crippen LogP contribution in [0, 0.1) is 6.92 Å². The number of nitrogens with zero attached hydrogens (tertiary/aromatic N) is 4. The van der Waals surface area contributed by atoms with Gasteiger partial charge in [-0.25, -0.2) is 4.98 Å². The van der Waals surface area contributed by atoms with Gasteiger partial charge in [0.05, 0.1) is 5.69 Å². The number of hydrogen-bond donors (Lipinski definition) is 1. The number of rotatable bonds is 4. The molecule has 1 aliphatic rings. The topological polar surface area (TPSA) is 44.9 Å². The maximum absolute atomic E-state index is 4.75. The van der Waals surface area contributed by atoms with E-state index in [0.29, 0.717) is 0 Å². The summed E-state index contributed by atoms with van der Waals surface area (Å²) >= 11 is 0. The minimum absolute atomic E-state index is 0. The monoisotopic (exact) mass is 501 g/mol. The highest BCUT2D eigenvalue weighted by atomic mass is 127. The van der Waals surface area contributed by atoms with E-state index in [1.807, 2.05) is 7.05 Å². The van der Waals surface area contributed by atoms with Gasteiger partial charge in [-0.15, -0.1) is 24.0 Å². The number of imidazole rings is 1. The summed E-state index contributed by atoms with van der Waals surface area (Å²) in [7, 11) is 1.85. The normalized spacial score (nSPS) is 14.5. The standard InChI is InChI=1S/C23H27N5.HI/c1-18-7-6-14-28-17-21(26-22(18)28)10-13-25-23(24-2)27-15-11-20(12-16-27)19-8-4-3-5-9-19;/h3-9,11,14,17H,10,12-13,15-16H2,1-2H3,(H,24,25);1H. The maximum atomic E-state index is 4.75. The fraction of sp³-hybridized carbons (Fsp3) is 0.304. The van der Waals surface area contributed by atoms with Crippen molar-refractivity contribution in [2.75, 3.05) is 26.7 Å². The zero-order chi connectivity index (χ0) is 19.3. The summed E-state index contributed by atoms with van der Waals surface area (Å²) in [4.78, 5) is 11.5. The molecule has 0 saturated heterocycles. The Bertz CT molecular complexity index is 1010. The molecule has 29 heavy (non-hydrogen) atoms. The average molecular weight is 501 g/mol. The van der Waals surface area contributed by atoms with Gasteiger partial charge in [0.15, 0.2) is 5.96 Å². The molecule has 0 radical (unpaired) electrons. The Morgan fingerprint density at radius 1 is 1.17 bits per heavy atom. The van der Waals surface area contributed by atoms with Gasteiger partial charge in [-0.3, -0.25) is 4.99 Å². The van der Waals surface area contributed by atoms with Crippen LogP contribution < -0.4 is 5.32 Å². The fourth-order valence-corrected chi connectivity index (χ4v) is 3.74. The van der Waals surface area contributed by atoms with Crippen molar-refractivity contribution in [3.8, 4) is 0 Å². The van der Waals surface area contributed by atoms with Crippen molar-refractivity contribution in [1.82, 2.24) is 19.6 Å². The summed E-state index contributed by atoms with van der Waals surface area (Å²) in [6.07, 6.45) is 8.39. The molecule has 152 valence electrons. The minimum atomic E-state index is 0. The van der Waals surface area contributed by atoms with E-state index in [1.54, 1.807) is 0 Å². The van der Waals surface area contributed by atoms with Gasteiger partial charge in [0.1, 0.15) is 5.65 Å². The number of hydrogen-bond acceptors (Lipinski definition) is 2. The first-order valence-corrected chi connectivity index (χ1v) is 9.88. The molecule has 1 aliphatic heterocycles. The Kier molecular flexibility index (Phi) is 7.30. The third-order valence-corrected chi connectivity index (χ3v) is 5.26. The van der Waals surface area contributed by atoms with Gasteiger partial charge >= 0.3 is 0 Å². The van der Waals surface area contributed by atoms with E-state index in [9.17, 15) is 0 Å². The summed E-state index contributed by atoms with van der Waals surface area (Å²) in [6, 6.07) is 14.8. The van der Waals surface area contributed by atoms with Crippen LogP contribution in [0.5, 0.6) is 0 Å².